The third kappa shape index (κ3) is 4.14. The van der Waals surface area contributed by atoms with Gasteiger partial charge in [-0.3, -0.25) is 0 Å². The van der Waals surface area contributed by atoms with E-state index in [0.717, 1.165) is 15.2 Å². The monoisotopic (exact) mass is 412 g/mol. The second-order valence-electron chi connectivity index (χ2n) is 5.06. The topological polar surface area (TPSA) is 43.4 Å². The van der Waals surface area contributed by atoms with Crippen molar-refractivity contribution in [1.29, 1.82) is 0 Å². The van der Waals surface area contributed by atoms with Crippen LogP contribution in [0.1, 0.15) is 0 Å². The van der Waals surface area contributed by atoms with E-state index in [1.807, 2.05) is 18.2 Å². The van der Waals surface area contributed by atoms with E-state index in [0.29, 0.717) is 17.3 Å². The molecule has 3 rings (SSSR count). The van der Waals surface area contributed by atoms with Crippen LogP contribution in [0.2, 0.25) is 0 Å². The summed E-state index contributed by atoms with van der Waals surface area (Å²) in [5.41, 5.74) is 0.585. The van der Waals surface area contributed by atoms with Crippen LogP contribution in [0.3, 0.4) is 0 Å². The maximum absolute atomic E-state index is 12.2. The largest absolute Gasteiger partial charge is 0.573 e. The number of alkyl halides is 3. The van der Waals surface area contributed by atoms with E-state index >= 15 is 0 Å². The van der Waals surface area contributed by atoms with Crippen molar-refractivity contribution in [2.45, 2.75) is 6.36 Å². The Morgan fingerprint density at radius 3 is 2.32 bits per heavy atom. The second-order valence-corrected chi connectivity index (χ2v) is 5.92. The Balaban J connectivity index is 1.89. The number of halogens is 4. The molecular weight excluding hydrogens is 401 g/mol. The van der Waals surface area contributed by atoms with Crippen LogP contribution in [-0.2, 0) is 0 Å². The summed E-state index contributed by atoms with van der Waals surface area (Å²) in [5, 5.41) is 4.83. The van der Waals surface area contributed by atoms with Crippen LogP contribution >= 0.6 is 15.9 Å². The van der Waals surface area contributed by atoms with Crippen LogP contribution in [0, 0.1) is 0 Å². The molecule has 1 aromatic heterocycles. The molecule has 0 unspecified atom stereocenters. The molecule has 0 amide bonds. The first-order valence-electron chi connectivity index (χ1n) is 7.11. The van der Waals surface area contributed by atoms with Crippen molar-refractivity contribution in [1.82, 2.24) is 4.98 Å². The van der Waals surface area contributed by atoms with Gasteiger partial charge in [0.1, 0.15) is 17.3 Å². The van der Waals surface area contributed by atoms with E-state index in [1.165, 1.54) is 24.3 Å². The van der Waals surface area contributed by atoms with Crippen molar-refractivity contribution >= 4 is 38.2 Å². The number of benzene rings is 2. The average molecular weight is 413 g/mol. The van der Waals surface area contributed by atoms with Gasteiger partial charge in [-0.05, 0) is 58.4 Å². The standard InChI is InChI=1S/C17H12BrF3N2O2/c1-24-12-6-7-13-14(8-12)15(18)9-22-16(13)23-10-2-4-11(5-3-10)25-17(19,20)21/h2-9H,1H3,(H,22,23). The van der Waals surface area contributed by atoms with Gasteiger partial charge in [-0.1, -0.05) is 0 Å². The molecule has 4 nitrogen and oxygen atoms in total. The first kappa shape index (κ1) is 17.3. The van der Waals surface area contributed by atoms with E-state index < -0.39 is 6.36 Å². The van der Waals surface area contributed by atoms with Gasteiger partial charge in [0.2, 0.25) is 0 Å². The number of fused-ring (bicyclic) bond motifs is 1. The molecule has 0 aliphatic carbocycles. The summed E-state index contributed by atoms with van der Waals surface area (Å²) < 4.78 is 46.5. The molecule has 0 atom stereocenters. The van der Waals surface area contributed by atoms with Crippen molar-refractivity contribution in [2.24, 2.45) is 0 Å². The molecule has 2 aromatic carbocycles. The van der Waals surface area contributed by atoms with Crippen molar-refractivity contribution < 1.29 is 22.6 Å². The van der Waals surface area contributed by atoms with Crippen LogP contribution in [-0.4, -0.2) is 18.5 Å². The number of pyridine rings is 1. The summed E-state index contributed by atoms with van der Waals surface area (Å²) in [7, 11) is 1.58. The number of nitrogens with one attached hydrogen (secondary N) is 1. The molecule has 1 N–H and O–H groups in total. The molecule has 0 fully saturated rings. The van der Waals surface area contributed by atoms with Gasteiger partial charge in [-0.15, -0.1) is 13.2 Å². The number of hydrogen-bond acceptors (Lipinski definition) is 4. The summed E-state index contributed by atoms with van der Waals surface area (Å²) >= 11 is 3.45. The predicted molar refractivity (Wildman–Crippen MR) is 92.4 cm³/mol. The zero-order valence-corrected chi connectivity index (χ0v) is 14.5. The molecule has 130 valence electrons. The van der Waals surface area contributed by atoms with Crippen LogP contribution in [0.5, 0.6) is 11.5 Å². The first-order valence-corrected chi connectivity index (χ1v) is 7.90. The van der Waals surface area contributed by atoms with E-state index in [-0.39, 0.29) is 5.75 Å². The van der Waals surface area contributed by atoms with E-state index in [2.05, 4.69) is 31.0 Å². The van der Waals surface area contributed by atoms with Gasteiger partial charge >= 0.3 is 6.36 Å². The zero-order valence-electron chi connectivity index (χ0n) is 12.9. The van der Waals surface area contributed by atoms with Crippen LogP contribution in [0.25, 0.3) is 10.8 Å². The van der Waals surface area contributed by atoms with Crippen molar-refractivity contribution in [3.05, 3.63) is 53.1 Å². The smallest absolute Gasteiger partial charge is 0.497 e. The van der Waals surface area contributed by atoms with Gasteiger partial charge in [0.25, 0.3) is 0 Å². The molecule has 25 heavy (non-hydrogen) atoms. The number of rotatable bonds is 4. The molecule has 0 saturated heterocycles. The summed E-state index contributed by atoms with van der Waals surface area (Å²) in [6.07, 6.45) is -3.07. The second kappa shape index (κ2) is 6.79. The number of hydrogen-bond donors (Lipinski definition) is 1. The summed E-state index contributed by atoms with van der Waals surface area (Å²) in [6, 6.07) is 11.0. The third-order valence-electron chi connectivity index (χ3n) is 3.40. The van der Waals surface area contributed by atoms with Gasteiger partial charge < -0.3 is 14.8 Å². The third-order valence-corrected chi connectivity index (χ3v) is 4.03. The molecule has 0 radical (unpaired) electrons. The summed E-state index contributed by atoms with van der Waals surface area (Å²) in [5.74, 6) is 1.00. The molecule has 0 saturated carbocycles. The van der Waals surface area contributed by atoms with Gasteiger partial charge in [0.15, 0.2) is 0 Å². The van der Waals surface area contributed by atoms with Crippen LogP contribution in [0.15, 0.2) is 53.1 Å². The highest BCUT2D eigenvalue weighted by Crippen LogP contribution is 2.33. The fourth-order valence-corrected chi connectivity index (χ4v) is 2.72. The van der Waals surface area contributed by atoms with Crippen molar-refractivity contribution in [2.75, 3.05) is 12.4 Å². The predicted octanol–water partition coefficient (Wildman–Crippen LogP) is 5.65. The average Bonchev–Trinajstić information content (AvgIpc) is 2.57. The molecule has 1 heterocycles. The lowest BCUT2D eigenvalue weighted by Gasteiger charge is -2.12. The Labute approximate surface area is 149 Å². The Hall–Kier alpha value is -2.48. The highest BCUT2D eigenvalue weighted by molar-refractivity contribution is 9.10. The fourth-order valence-electron chi connectivity index (χ4n) is 2.29. The molecule has 8 heteroatoms. The van der Waals surface area contributed by atoms with Crippen molar-refractivity contribution in [3.8, 4) is 11.5 Å². The lowest BCUT2D eigenvalue weighted by Crippen LogP contribution is -2.16. The summed E-state index contributed by atoms with van der Waals surface area (Å²) in [6.45, 7) is 0. The molecule has 3 aromatic rings. The van der Waals surface area contributed by atoms with Crippen LogP contribution < -0.4 is 14.8 Å². The Morgan fingerprint density at radius 1 is 1.00 bits per heavy atom. The lowest BCUT2D eigenvalue weighted by molar-refractivity contribution is -0.274. The maximum atomic E-state index is 12.2. The Kier molecular flexibility index (Phi) is 4.71. The van der Waals surface area contributed by atoms with Gasteiger partial charge in [0.05, 0.1) is 7.11 Å². The SMILES string of the molecule is COc1ccc2c(Nc3ccc(OC(F)(F)F)cc3)ncc(Br)c2c1. The van der Waals surface area contributed by atoms with E-state index in [4.69, 9.17) is 4.74 Å². The maximum Gasteiger partial charge on any atom is 0.573 e. The van der Waals surface area contributed by atoms with E-state index in [1.54, 1.807) is 13.3 Å². The minimum atomic E-state index is -4.71. The zero-order chi connectivity index (χ0) is 18.0. The number of anilines is 2. The normalized spacial score (nSPS) is 11.4. The minimum absolute atomic E-state index is 0.281. The van der Waals surface area contributed by atoms with Gasteiger partial charge in [-0.25, -0.2) is 4.98 Å². The molecule has 0 spiro atoms. The van der Waals surface area contributed by atoms with E-state index in [9.17, 15) is 13.2 Å². The van der Waals surface area contributed by atoms with Gasteiger partial charge in [0, 0.05) is 27.1 Å². The molecule has 0 aliphatic rings. The number of ether oxygens (including phenoxy) is 2. The van der Waals surface area contributed by atoms with Crippen LogP contribution in [0.4, 0.5) is 24.7 Å². The minimum Gasteiger partial charge on any atom is -0.497 e. The molecule has 0 aliphatic heterocycles. The Morgan fingerprint density at radius 2 is 1.68 bits per heavy atom. The molecular formula is C17H12BrF3N2O2. The lowest BCUT2D eigenvalue weighted by atomic mass is 10.1. The number of nitrogens with zero attached hydrogens (tertiary/aromatic N) is 1. The first-order chi connectivity index (χ1) is 11.9. The Bertz CT molecular complexity index is 899. The molecule has 0 bridgehead atoms. The fraction of sp³-hybridized carbons (Fsp3) is 0.118. The number of aromatic nitrogens is 1. The van der Waals surface area contributed by atoms with Gasteiger partial charge in [-0.2, -0.15) is 0 Å². The summed E-state index contributed by atoms with van der Waals surface area (Å²) in [4.78, 5) is 4.33. The number of methoxy groups -OCH3 is 1. The van der Waals surface area contributed by atoms with Crippen molar-refractivity contribution in [3.63, 3.8) is 0 Å². The highest BCUT2D eigenvalue weighted by Gasteiger charge is 2.30. The quantitative estimate of drug-likeness (QED) is 0.601. The highest BCUT2D eigenvalue weighted by atomic mass is 79.9.